The van der Waals surface area contributed by atoms with Crippen LogP contribution >= 0.6 is 15.9 Å². The number of urea groups is 1. The third kappa shape index (κ3) is 4.99. The van der Waals surface area contributed by atoms with E-state index >= 15 is 0 Å². The Hall–Kier alpha value is -2.01. The zero-order valence-electron chi connectivity index (χ0n) is 13.5. The van der Waals surface area contributed by atoms with Crippen molar-refractivity contribution in [1.82, 2.24) is 10.6 Å². The van der Waals surface area contributed by atoms with Gasteiger partial charge in [-0.15, -0.1) is 0 Å². The number of ether oxygens (including phenoxy) is 1. The number of benzene rings is 2. The molecule has 1 atom stereocenters. The van der Waals surface area contributed by atoms with E-state index in [0.717, 1.165) is 21.3 Å². The summed E-state index contributed by atoms with van der Waals surface area (Å²) in [7, 11) is 1.62. The van der Waals surface area contributed by atoms with Gasteiger partial charge in [-0.1, -0.05) is 35.9 Å². The van der Waals surface area contributed by atoms with Crippen molar-refractivity contribution in [2.24, 2.45) is 0 Å². The predicted octanol–water partition coefficient (Wildman–Crippen LogP) is 4.33. The zero-order valence-corrected chi connectivity index (χ0v) is 15.1. The first-order valence-corrected chi connectivity index (χ1v) is 8.22. The van der Waals surface area contributed by atoms with E-state index in [-0.39, 0.29) is 12.1 Å². The maximum atomic E-state index is 12.0. The molecule has 0 saturated heterocycles. The van der Waals surface area contributed by atoms with Crippen LogP contribution in [0.1, 0.15) is 29.7 Å². The molecule has 0 aliphatic heterocycles. The van der Waals surface area contributed by atoms with Crippen molar-refractivity contribution in [2.45, 2.75) is 26.4 Å². The monoisotopic (exact) mass is 376 g/mol. The summed E-state index contributed by atoms with van der Waals surface area (Å²) in [5, 5.41) is 5.80. The molecule has 0 heterocycles. The summed E-state index contributed by atoms with van der Waals surface area (Å²) in [5.41, 5.74) is 3.28. The van der Waals surface area contributed by atoms with Gasteiger partial charge in [0.1, 0.15) is 5.75 Å². The van der Waals surface area contributed by atoms with Crippen molar-refractivity contribution < 1.29 is 9.53 Å². The fraction of sp³-hybridized carbons (Fsp3) is 0.278. The van der Waals surface area contributed by atoms with Crippen molar-refractivity contribution in [1.29, 1.82) is 0 Å². The Labute approximate surface area is 145 Å². The highest BCUT2D eigenvalue weighted by atomic mass is 79.9. The second kappa shape index (κ2) is 8.02. The minimum atomic E-state index is -0.190. The Kier molecular flexibility index (Phi) is 6.04. The highest BCUT2D eigenvalue weighted by molar-refractivity contribution is 9.10. The third-order valence-corrected chi connectivity index (χ3v) is 4.22. The molecule has 5 heteroatoms. The highest BCUT2D eigenvalue weighted by Gasteiger charge is 2.11. The molecule has 0 fully saturated rings. The smallest absolute Gasteiger partial charge is 0.315 e. The summed E-state index contributed by atoms with van der Waals surface area (Å²) in [6, 6.07) is 13.6. The van der Waals surface area contributed by atoms with Gasteiger partial charge in [-0.3, -0.25) is 0 Å². The average molecular weight is 377 g/mol. The van der Waals surface area contributed by atoms with Crippen LogP contribution in [0, 0.1) is 6.92 Å². The molecule has 2 N–H and O–H groups in total. The van der Waals surface area contributed by atoms with Gasteiger partial charge in [-0.05, 0) is 53.0 Å². The molecule has 0 aliphatic carbocycles. The van der Waals surface area contributed by atoms with Gasteiger partial charge < -0.3 is 15.4 Å². The van der Waals surface area contributed by atoms with Crippen LogP contribution in [0.15, 0.2) is 46.9 Å². The summed E-state index contributed by atoms with van der Waals surface area (Å²) < 4.78 is 6.08. The molecule has 0 aliphatic rings. The van der Waals surface area contributed by atoms with Crippen LogP contribution in [-0.2, 0) is 6.54 Å². The van der Waals surface area contributed by atoms with E-state index in [2.05, 4.69) is 26.6 Å². The molecule has 0 spiro atoms. The van der Waals surface area contributed by atoms with E-state index in [4.69, 9.17) is 4.74 Å². The van der Waals surface area contributed by atoms with Crippen molar-refractivity contribution in [2.75, 3.05) is 7.11 Å². The van der Waals surface area contributed by atoms with Gasteiger partial charge in [0, 0.05) is 6.54 Å². The van der Waals surface area contributed by atoms with Crippen LogP contribution in [-0.4, -0.2) is 13.1 Å². The van der Waals surface area contributed by atoms with Gasteiger partial charge in [0.25, 0.3) is 0 Å². The van der Waals surface area contributed by atoms with Crippen LogP contribution in [0.2, 0.25) is 0 Å². The number of aryl methyl sites for hydroxylation is 1. The van der Waals surface area contributed by atoms with Crippen LogP contribution < -0.4 is 15.4 Å². The number of nitrogens with one attached hydrogen (secondary N) is 2. The summed E-state index contributed by atoms with van der Waals surface area (Å²) in [6.45, 7) is 4.49. The van der Waals surface area contributed by atoms with Gasteiger partial charge in [0.15, 0.2) is 0 Å². The Balaban J connectivity index is 1.89. The quantitative estimate of drug-likeness (QED) is 0.815. The molecular weight excluding hydrogens is 356 g/mol. The van der Waals surface area contributed by atoms with Gasteiger partial charge in [-0.25, -0.2) is 4.79 Å². The lowest BCUT2D eigenvalue weighted by atomic mass is 10.1. The topological polar surface area (TPSA) is 50.4 Å². The molecule has 2 amide bonds. The normalized spacial score (nSPS) is 11.7. The average Bonchev–Trinajstić information content (AvgIpc) is 2.54. The van der Waals surface area contributed by atoms with Crippen LogP contribution in [0.5, 0.6) is 5.75 Å². The van der Waals surface area contributed by atoms with E-state index in [1.165, 1.54) is 5.56 Å². The van der Waals surface area contributed by atoms with Gasteiger partial charge in [-0.2, -0.15) is 0 Å². The lowest BCUT2D eigenvalue weighted by molar-refractivity contribution is 0.237. The van der Waals surface area contributed by atoms with E-state index in [1.54, 1.807) is 7.11 Å². The fourth-order valence-electron chi connectivity index (χ4n) is 2.17. The number of methoxy groups -OCH3 is 1. The van der Waals surface area contributed by atoms with Crippen molar-refractivity contribution in [3.05, 3.63) is 63.6 Å². The Morgan fingerprint density at radius 1 is 1.22 bits per heavy atom. The zero-order chi connectivity index (χ0) is 16.8. The molecule has 0 radical (unpaired) electrons. The van der Waals surface area contributed by atoms with Crippen LogP contribution in [0.4, 0.5) is 4.79 Å². The van der Waals surface area contributed by atoms with E-state index in [1.807, 2.05) is 56.3 Å². The Morgan fingerprint density at radius 3 is 2.52 bits per heavy atom. The summed E-state index contributed by atoms with van der Waals surface area (Å²) in [6.07, 6.45) is 0. The highest BCUT2D eigenvalue weighted by Crippen LogP contribution is 2.27. The van der Waals surface area contributed by atoms with Gasteiger partial charge in [0.2, 0.25) is 0 Å². The molecule has 2 aromatic rings. The molecule has 23 heavy (non-hydrogen) atoms. The molecule has 0 aromatic heterocycles. The summed E-state index contributed by atoms with van der Waals surface area (Å²) in [4.78, 5) is 12.0. The fourth-order valence-corrected chi connectivity index (χ4v) is 2.73. The van der Waals surface area contributed by atoms with Crippen molar-refractivity contribution >= 4 is 22.0 Å². The molecule has 0 bridgehead atoms. The summed E-state index contributed by atoms with van der Waals surface area (Å²) in [5.74, 6) is 0.768. The molecule has 4 nitrogen and oxygen atoms in total. The maximum Gasteiger partial charge on any atom is 0.315 e. The number of carbonyl (C=O) groups excluding carboxylic acids is 1. The Morgan fingerprint density at radius 2 is 1.91 bits per heavy atom. The molecule has 0 unspecified atom stereocenters. The van der Waals surface area contributed by atoms with E-state index in [9.17, 15) is 4.79 Å². The standard InChI is InChI=1S/C18H21BrN2O2/c1-12-4-6-14(7-5-12)11-20-18(22)21-13(2)15-8-9-17(23-3)16(19)10-15/h4-10,13H,11H2,1-3H3,(H2,20,21,22)/t13-/m0/s1. The molecule has 2 rings (SSSR count). The molecule has 2 aromatic carbocycles. The van der Waals surface area contributed by atoms with E-state index in [0.29, 0.717) is 6.54 Å². The first-order chi connectivity index (χ1) is 11.0. The molecular formula is C18H21BrN2O2. The molecule has 0 saturated carbocycles. The number of hydrogen-bond donors (Lipinski definition) is 2. The number of carbonyl (C=O) groups is 1. The maximum absolute atomic E-state index is 12.0. The van der Waals surface area contributed by atoms with Crippen molar-refractivity contribution in [3.8, 4) is 5.75 Å². The number of rotatable bonds is 5. The van der Waals surface area contributed by atoms with Gasteiger partial charge >= 0.3 is 6.03 Å². The number of amides is 2. The Bertz CT molecular complexity index is 671. The SMILES string of the molecule is COc1ccc([C@H](C)NC(=O)NCc2ccc(C)cc2)cc1Br. The number of hydrogen-bond acceptors (Lipinski definition) is 2. The molecule has 122 valence electrons. The lowest BCUT2D eigenvalue weighted by Gasteiger charge is -2.16. The largest absolute Gasteiger partial charge is 0.496 e. The second-order valence-electron chi connectivity index (χ2n) is 5.43. The number of halogens is 1. The van der Waals surface area contributed by atoms with Crippen molar-refractivity contribution in [3.63, 3.8) is 0 Å². The minimum Gasteiger partial charge on any atom is -0.496 e. The predicted molar refractivity (Wildman–Crippen MR) is 95.7 cm³/mol. The lowest BCUT2D eigenvalue weighted by Crippen LogP contribution is -2.36. The van der Waals surface area contributed by atoms with Gasteiger partial charge in [0.05, 0.1) is 17.6 Å². The first-order valence-electron chi connectivity index (χ1n) is 7.43. The minimum absolute atomic E-state index is 0.102. The third-order valence-electron chi connectivity index (χ3n) is 3.60. The van der Waals surface area contributed by atoms with Crippen LogP contribution in [0.3, 0.4) is 0 Å². The van der Waals surface area contributed by atoms with E-state index < -0.39 is 0 Å². The second-order valence-corrected chi connectivity index (χ2v) is 6.28. The first kappa shape index (κ1) is 17.3. The van der Waals surface area contributed by atoms with Crippen LogP contribution in [0.25, 0.3) is 0 Å². The summed E-state index contributed by atoms with van der Waals surface area (Å²) >= 11 is 3.46.